The van der Waals surface area contributed by atoms with Crippen molar-refractivity contribution in [3.8, 4) is 17.0 Å². The van der Waals surface area contributed by atoms with Crippen LogP contribution in [-0.2, 0) is 31.0 Å². The minimum absolute atomic E-state index is 0.151. The molecule has 4 amide bonds. The Morgan fingerprint density at radius 2 is 0.851 bits per heavy atom. The van der Waals surface area contributed by atoms with E-state index in [1.807, 2.05) is 48.5 Å². The number of phenolic OH excluding ortho intramolecular Hbond substituents is 2. The number of halogens is 1. The average Bonchev–Trinajstić information content (AvgIpc) is 3.57. The Morgan fingerprint density at radius 3 is 1.13 bits per heavy atom. The van der Waals surface area contributed by atoms with Crippen LogP contribution in [0.5, 0.6) is 11.5 Å². The van der Waals surface area contributed by atoms with Crippen molar-refractivity contribution in [2.24, 2.45) is 0 Å². The summed E-state index contributed by atoms with van der Waals surface area (Å²) in [4.78, 5) is 49.1. The molecule has 0 bridgehead atoms. The fourth-order valence-electron chi connectivity index (χ4n) is 4.99. The molecule has 4 aromatic rings. The molecule has 47 heavy (non-hydrogen) atoms. The van der Waals surface area contributed by atoms with Crippen LogP contribution in [0.25, 0.3) is 0 Å². The van der Waals surface area contributed by atoms with Crippen LogP contribution in [0.3, 0.4) is 0 Å². The predicted octanol–water partition coefficient (Wildman–Crippen LogP) is 6.27. The monoisotopic (exact) mass is 647 g/mol. The van der Waals surface area contributed by atoms with E-state index in [0.717, 1.165) is 32.1 Å². The summed E-state index contributed by atoms with van der Waals surface area (Å²) in [5, 5.41) is 25.7. The number of carbonyl (C=O) groups excluding carboxylic acids is 4. The fourth-order valence-corrected chi connectivity index (χ4v) is 4.99. The Bertz CT molecular complexity index is 1710. The minimum atomic E-state index is -0.344. The Labute approximate surface area is 276 Å². The molecule has 2 aliphatic heterocycles. The van der Waals surface area contributed by atoms with Crippen molar-refractivity contribution in [2.45, 2.75) is 25.7 Å². The van der Waals surface area contributed by atoms with Gasteiger partial charge in [-0.2, -0.15) is 5.26 Å². The van der Waals surface area contributed by atoms with Gasteiger partial charge < -0.3 is 10.2 Å². The van der Waals surface area contributed by atoms with Crippen LogP contribution in [0.2, 0.25) is 0 Å². The van der Waals surface area contributed by atoms with Crippen molar-refractivity contribution >= 4 is 46.6 Å². The van der Waals surface area contributed by atoms with E-state index in [0.29, 0.717) is 17.8 Å². The van der Waals surface area contributed by atoms with E-state index >= 15 is 0 Å². The Hall–Kier alpha value is -5.98. The molecule has 0 spiro atoms. The molecule has 236 valence electrons. The van der Waals surface area contributed by atoms with Gasteiger partial charge in [0.15, 0.2) is 5.53 Å². The maximum Gasteiger partial charge on any atom is 0.258 e. The first kappa shape index (κ1) is 33.9. The summed E-state index contributed by atoms with van der Waals surface area (Å²) in [5.74, 6) is -0.828. The lowest BCUT2D eigenvalue weighted by Gasteiger charge is -2.26. The number of hydrogen-bond acceptors (Lipinski definition) is 7. The van der Waals surface area contributed by atoms with Crippen molar-refractivity contribution in [2.75, 3.05) is 9.80 Å². The van der Waals surface area contributed by atoms with Gasteiger partial charge in [-0.3, -0.25) is 19.2 Å². The summed E-state index contributed by atoms with van der Waals surface area (Å²) in [6, 6.07) is 28.8. The van der Waals surface area contributed by atoms with Gasteiger partial charge in [0.1, 0.15) is 11.5 Å². The van der Waals surface area contributed by atoms with Gasteiger partial charge in [-0.1, -0.05) is 62.4 Å². The molecule has 0 aliphatic carbocycles. The molecule has 0 saturated carbocycles. The number of amides is 4. The second kappa shape index (κ2) is 14.9. The normalized spacial score (nSPS) is 13.6. The third kappa shape index (κ3) is 8.19. The molecule has 0 aromatic heterocycles. The van der Waals surface area contributed by atoms with Crippen molar-refractivity contribution in [3.05, 3.63) is 144 Å². The molecule has 2 N–H and O–H groups in total. The lowest BCUT2D eigenvalue weighted by molar-refractivity contribution is -0.121. The molecule has 9 nitrogen and oxygen atoms in total. The van der Waals surface area contributed by atoms with Crippen LogP contribution in [-0.4, -0.2) is 33.8 Å². The largest absolute Gasteiger partial charge is 0.508 e. The van der Waals surface area contributed by atoms with Gasteiger partial charge in [0.05, 0.1) is 11.4 Å². The topological polar surface area (TPSA) is 139 Å². The third-order valence-electron chi connectivity index (χ3n) is 7.59. The van der Waals surface area contributed by atoms with E-state index in [9.17, 15) is 29.4 Å². The molecule has 2 heterocycles. The molecule has 0 fully saturated rings. The number of hydrogen-bond donors (Lipinski definition) is 2. The molecule has 6 rings (SSSR count). The summed E-state index contributed by atoms with van der Waals surface area (Å²) in [6.45, 7) is 4.23. The molecule has 4 aromatic carbocycles. The second-order valence-corrected chi connectivity index (χ2v) is 11.2. The first-order valence-corrected chi connectivity index (χ1v) is 14.7. The van der Waals surface area contributed by atoms with E-state index < -0.39 is 0 Å². The number of aromatic hydroxyl groups is 2. The zero-order chi connectivity index (χ0) is 34.1. The van der Waals surface area contributed by atoms with Gasteiger partial charge >= 0.3 is 0 Å². The third-order valence-corrected chi connectivity index (χ3v) is 7.59. The van der Waals surface area contributed by atoms with Crippen molar-refractivity contribution < 1.29 is 29.4 Å². The number of nitrogens with zero attached hydrogens (tertiary/aromatic N) is 3. The van der Waals surface area contributed by atoms with Gasteiger partial charge in [-0.05, 0) is 77.2 Å². The molecule has 10 heteroatoms. The number of nitriles is 1. The lowest BCUT2D eigenvalue weighted by atomic mass is 9.78. The minimum Gasteiger partial charge on any atom is -0.508 e. The Morgan fingerprint density at radius 1 is 0.574 bits per heavy atom. The van der Waals surface area contributed by atoms with E-state index in [2.05, 4.69) is 25.4 Å². The highest BCUT2D eigenvalue weighted by Gasteiger charge is 2.26. The SMILES string of the molecule is CC(C)(c1ccc(O)cc1)c1ccc(O)cc1.N#CCl.O=C1C=CC(=O)N1c1ccc(Cc2ccc(N3C(=O)C=CC3=O)cc2)cc1. The predicted molar refractivity (Wildman–Crippen MR) is 179 cm³/mol. The maximum atomic E-state index is 11.7. The highest BCUT2D eigenvalue weighted by atomic mass is 35.5. The zero-order valence-electron chi connectivity index (χ0n) is 25.5. The fraction of sp³-hybridized carbons (Fsp3) is 0.108. The quantitative estimate of drug-likeness (QED) is 0.235. The van der Waals surface area contributed by atoms with Gasteiger partial charge in [-0.25, -0.2) is 9.80 Å². The van der Waals surface area contributed by atoms with Gasteiger partial charge in [0.25, 0.3) is 23.6 Å². The summed E-state index contributed by atoms with van der Waals surface area (Å²) in [6.07, 6.45) is 5.65. The Balaban J connectivity index is 0.000000215. The second-order valence-electron chi connectivity index (χ2n) is 11.0. The van der Waals surface area contributed by atoms with Crippen molar-refractivity contribution in [3.63, 3.8) is 0 Å². The molecule has 0 saturated heterocycles. The summed E-state index contributed by atoms with van der Waals surface area (Å²) in [5.41, 5.74) is 6.41. The van der Waals surface area contributed by atoms with Crippen molar-refractivity contribution in [1.82, 2.24) is 0 Å². The van der Waals surface area contributed by atoms with Crippen LogP contribution in [0.4, 0.5) is 11.4 Å². The number of anilines is 2. The maximum absolute atomic E-state index is 11.7. The number of imide groups is 2. The first-order chi connectivity index (χ1) is 22.4. The summed E-state index contributed by atoms with van der Waals surface area (Å²) in [7, 11) is 0. The van der Waals surface area contributed by atoms with Crippen molar-refractivity contribution in [1.29, 1.82) is 5.26 Å². The van der Waals surface area contributed by atoms with Crippen LogP contribution in [0.15, 0.2) is 121 Å². The molecular formula is C37H30ClN3O6. The number of phenols is 2. The van der Waals surface area contributed by atoms with Gasteiger partial charge in [0, 0.05) is 41.3 Å². The van der Waals surface area contributed by atoms with E-state index in [1.54, 1.807) is 48.5 Å². The molecule has 2 aliphatic rings. The van der Waals surface area contributed by atoms with Crippen LogP contribution in [0.1, 0.15) is 36.1 Å². The highest BCUT2D eigenvalue weighted by Crippen LogP contribution is 2.33. The van der Waals surface area contributed by atoms with E-state index in [-0.39, 0.29) is 40.5 Å². The Kier molecular flexibility index (Phi) is 10.7. The van der Waals surface area contributed by atoms with E-state index in [1.165, 1.54) is 29.8 Å². The van der Waals surface area contributed by atoms with Gasteiger partial charge in [-0.15, -0.1) is 0 Å². The van der Waals surface area contributed by atoms with Crippen LogP contribution in [0, 0.1) is 10.8 Å². The zero-order valence-corrected chi connectivity index (χ0v) is 26.3. The summed E-state index contributed by atoms with van der Waals surface area (Å²) >= 11 is 4.30. The lowest BCUT2D eigenvalue weighted by Crippen LogP contribution is -2.29. The number of benzene rings is 4. The van der Waals surface area contributed by atoms with Crippen LogP contribution >= 0.6 is 11.6 Å². The average molecular weight is 648 g/mol. The standard InChI is InChI=1S/C21H14N2O4.C15H16O2.CClN/c24-18-9-10-19(25)22(18)16-5-1-14(2-6-16)13-15-3-7-17(8-4-15)23-20(26)11-12-21(23)27;1-15(2,11-3-7-13(16)8-4-11)12-5-9-14(17)10-6-12;2-1-3/h1-12H,13H2;3-10,16-17H,1-2H3;. The first-order valence-electron chi connectivity index (χ1n) is 14.3. The number of rotatable bonds is 6. The smallest absolute Gasteiger partial charge is 0.258 e. The highest BCUT2D eigenvalue weighted by molar-refractivity contribution is 6.29. The molecular weight excluding hydrogens is 618 g/mol. The van der Waals surface area contributed by atoms with Crippen LogP contribution < -0.4 is 9.80 Å². The number of carbonyl (C=O) groups is 4. The molecule has 0 unspecified atom stereocenters. The van der Waals surface area contributed by atoms with E-state index in [4.69, 9.17) is 5.26 Å². The molecule has 0 atom stereocenters. The molecule has 0 radical (unpaired) electrons. The summed E-state index contributed by atoms with van der Waals surface area (Å²) < 4.78 is 0. The van der Waals surface area contributed by atoms with Gasteiger partial charge in [0.2, 0.25) is 0 Å².